The van der Waals surface area contributed by atoms with Crippen LogP contribution in [0.3, 0.4) is 0 Å². The minimum absolute atomic E-state index is 0.241. The third-order valence-electron chi connectivity index (χ3n) is 3.15. The highest BCUT2D eigenvalue weighted by Gasteiger charge is 2.34. The molecule has 88 valence electrons. The van der Waals surface area contributed by atoms with Gasteiger partial charge in [-0.15, -0.1) is 0 Å². The number of carbonyl (C=O) groups excluding carboxylic acids is 1. The molecule has 0 aromatic heterocycles. The first-order valence-electron chi connectivity index (χ1n) is 5.87. The van der Waals surface area contributed by atoms with Crippen molar-refractivity contribution < 1.29 is 4.79 Å². The first-order chi connectivity index (χ1) is 6.86. The number of nitrogens with zero attached hydrogens (tertiary/aromatic N) is 1. The van der Waals surface area contributed by atoms with Crippen molar-refractivity contribution >= 4 is 5.91 Å². The maximum Gasteiger partial charge on any atom is 0.228 e. The van der Waals surface area contributed by atoms with Gasteiger partial charge in [-0.3, -0.25) is 4.79 Å². The Morgan fingerprint density at radius 3 is 2.53 bits per heavy atom. The maximum absolute atomic E-state index is 12.2. The monoisotopic (exact) mass is 212 g/mol. The molecule has 1 heterocycles. The molecule has 0 aliphatic carbocycles. The van der Waals surface area contributed by atoms with E-state index in [1.165, 1.54) is 0 Å². The zero-order chi connectivity index (χ0) is 11.6. The number of hydrogen-bond acceptors (Lipinski definition) is 2. The third kappa shape index (κ3) is 2.94. The number of hydrogen-bond donors (Lipinski definition) is 1. The number of likely N-dealkylation sites (tertiary alicyclic amines) is 1. The smallest absolute Gasteiger partial charge is 0.228 e. The van der Waals surface area contributed by atoms with Crippen molar-refractivity contribution in [1.29, 1.82) is 0 Å². The molecular formula is C12H24N2O. The zero-order valence-electron chi connectivity index (χ0n) is 10.4. The van der Waals surface area contributed by atoms with Crippen LogP contribution < -0.4 is 5.73 Å². The van der Waals surface area contributed by atoms with Crippen LogP contribution >= 0.6 is 0 Å². The average Bonchev–Trinajstić information content (AvgIpc) is 2.15. The van der Waals surface area contributed by atoms with Gasteiger partial charge in [-0.1, -0.05) is 27.7 Å². The van der Waals surface area contributed by atoms with Gasteiger partial charge in [0.2, 0.25) is 5.91 Å². The number of carbonyl (C=O) groups is 1. The first-order valence-corrected chi connectivity index (χ1v) is 5.87. The molecule has 2 unspecified atom stereocenters. The first kappa shape index (κ1) is 12.5. The Kier molecular flexibility index (Phi) is 3.77. The van der Waals surface area contributed by atoms with E-state index < -0.39 is 0 Å². The molecule has 0 bridgehead atoms. The van der Waals surface area contributed by atoms with Crippen molar-refractivity contribution in [2.45, 2.75) is 46.6 Å². The Labute approximate surface area is 93.0 Å². The van der Waals surface area contributed by atoms with Crippen LogP contribution in [0.2, 0.25) is 0 Å². The molecule has 0 spiro atoms. The normalized spacial score (nSPS) is 27.9. The van der Waals surface area contributed by atoms with Crippen LogP contribution in [0.1, 0.15) is 40.5 Å². The van der Waals surface area contributed by atoms with Crippen molar-refractivity contribution in [2.75, 3.05) is 13.1 Å². The molecule has 1 aliphatic rings. The lowest BCUT2D eigenvalue weighted by atomic mass is 9.88. The minimum Gasteiger partial charge on any atom is -0.338 e. The van der Waals surface area contributed by atoms with Crippen LogP contribution in [0.25, 0.3) is 0 Å². The largest absolute Gasteiger partial charge is 0.338 e. The molecule has 2 N–H and O–H groups in total. The van der Waals surface area contributed by atoms with Crippen LogP contribution in [0, 0.1) is 11.3 Å². The minimum atomic E-state index is -0.284. The summed E-state index contributed by atoms with van der Waals surface area (Å²) in [5.41, 5.74) is 5.46. The lowest BCUT2D eigenvalue weighted by Gasteiger charge is -2.41. The fraction of sp³-hybridized carbons (Fsp3) is 0.917. The van der Waals surface area contributed by atoms with E-state index >= 15 is 0 Å². The van der Waals surface area contributed by atoms with Crippen LogP contribution in [-0.2, 0) is 4.79 Å². The van der Waals surface area contributed by atoms with Gasteiger partial charge >= 0.3 is 0 Å². The van der Waals surface area contributed by atoms with Gasteiger partial charge in [-0.05, 0) is 18.8 Å². The Morgan fingerprint density at radius 2 is 2.07 bits per heavy atom. The second-order valence-corrected chi connectivity index (χ2v) is 5.77. The van der Waals surface area contributed by atoms with Gasteiger partial charge in [0.15, 0.2) is 0 Å². The van der Waals surface area contributed by atoms with Gasteiger partial charge in [-0.25, -0.2) is 0 Å². The highest BCUT2D eigenvalue weighted by molar-refractivity contribution is 5.82. The number of rotatable bonds is 1. The molecule has 0 radical (unpaired) electrons. The van der Waals surface area contributed by atoms with E-state index in [0.717, 1.165) is 19.4 Å². The molecule has 1 aliphatic heterocycles. The summed E-state index contributed by atoms with van der Waals surface area (Å²) in [5.74, 6) is 0.937. The molecule has 15 heavy (non-hydrogen) atoms. The summed E-state index contributed by atoms with van der Waals surface area (Å²) in [4.78, 5) is 14.2. The highest BCUT2D eigenvalue weighted by Crippen LogP contribution is 2.26. The van der Waals surface area contributed by atoms with E-state index in [4.69, 9.17) is 5.73 Å². The van der Waals surface area contributed by atoms with Crippen molar-refractivity contribution in [3.05, 3.63) is 0 Å². The predicted octanol–water partition coefficient (Wildman–Crippen LogP) is 1.62. The molecule has 0 aromatic rings. The molecule has 2 atom stereocenters. The van der Waals surface area contributed by atoms with Gasteiger partial charge in [-0.2, -0.15) is 0 Å². The Morgan fingerprint density at radius 1 is 1.47 bits per heavy atom. The van der Waals surface area contributed by atoms with E-state index in [9.17, 15) is 4.79 Å². The Balaban J connectivity index is 2.72. The van der Waals surface area contributed by atoms with E-state index in [1.54, 1.807) is 0 Å². The second kappa shape index (κ2) is 4.52. The van der Waals surface area contributed by atoms with Crippen LogP contribution in [0.5, 0.6) is 0 Å². The standard InChI is InChI=1S/C12H24N2O/c1-9-5-6-14(10(7-9)8-13)11(15)12(2,3)4/h9-10H,5-8,13H2,1-4H3. The van der Waals surface area contributed by atoms with Gasteiger partial charge in [0, 0.05) is 24.5 Å². The third-order valence-corrected chi connectivity index (χ3v) is 3.15. The predicted molar refractivity (Wildman–Crippen MR) is 62.4 cm³/mol. The maximum atomic E-state index is 12.2. The average molecular weight is 212 g/mol. The zero-order valence-corrected chi connectivity index (χ0v) is 10.4. The number of piperidine rings is 1. The lowest BCUT2D eigenvalue weighted by Crippen LogP contribution is -2.52. The Bertz CT molecular complexity index is 232. The van der Waals surface area contributed by atoms with Gasteiger partial charge in [0.25, 0.3) is 0 Å². The fourth-order valence-corrected chi connectivity index (χ4v) is 2.17. The van der Waals surface area contributed by atoms with Gasteiger partial charge < -0.3 is 10.6 Å². The molecule has 0 saturated carbocycles. The van der Waals surface area contributed by atoms with E-state index in [1.807, 2.05) is 25.7 Å². The molecule has 3 nitrogen and oxygen atoms in total. The lowest BCUT2D eigenvalue weighted by molar-refractivity contribution is -0.143. The van der Waals surface area contributed by atoms with Crippen LogP contribution in [0.15, 0.2) is 0 Å². The Hall–Kier alpha value is -0.570. The summed E-state index contributed by atoms with van der Waals surface area (Å²) in [6, 6.07) is 0.250. The molecule has 3 heteroatoms. The molecule has 1 saturated heterocycles. The summed E-state index contributed by atoms with van der Waals surface area (Å²) in [6.07, 6.45) is 2.16. The van der Waals surface area contributed by atoms with Crippen molar-refractivity contribution in [2.24, 2.45) is 17.1 Å². The fourth-order valence-electron chi connectivity index (χ4n) is 2.17. The molecule has 1 rings (SSSR count). The molecule has 0 aromatic carbocycles. The van der Waals surface area contributed by atoms with E-state index in [0.29, 0.717) is 12.5 Å². The topological polar surface area (TPSA) is 46.3 Å². The van der Waals surface area contributed by atoms with Crippen LogP contribution in [-0.4, -0.2) is 29.9 Å². The van der Waals surface area contributed by atoms with Crippen molar-refractivity contribution in [3.63, 3.8) is 0 Å². The summed E-state index contributed by atoms with van der Waals surface area (Å²) in [5, 5.41) is 0. The molecule has 1 amide bonds. The van der Waals surface area contributed by atoms with Crippen molar-refractivity contribution in [3.8, 4) is 0 Å². The number of nitrogens with two attached hydrogens (primary N) is 1. The van der Waals surface area contributed by atoms with Crippen molar-refractivity contribution in [1.82, 2.24) is 4.90 Å². The second-order valence-electron chi connectivity index (χ2n) is 5.77. The summed E-state index contributed by atoms with van der Waals surface area (Å²) in [7, 11) is 0. The van der Waals surface area contributed by atoms with Gasteiger partial charge in [0.05, 0.1) is 0 Å². The summed E-state index contributed by atoms with van der Waals surface area (Å²) in [6.45, 7) is 9.62. The van der Waals surface area contributed by atoms with E-state index in [-0.39, 0.29) is 17.4 Å². The van der Waals surface area contributed by atoms with E-state index in [2.05, 4.69) is 6.92 Å². The quantitative estimate of drug-likeness (QED) is 0.718. The summed E-state index contributed by atoms with van der Waals surface area (Å²) < 4.78 is 0. The summed E-state index contributed by atoms with van der Waals surface area (Å²) >= 11 is 0. The number of amides is 1. The molecular weight excluding hydrogens is 188 g/mol. The highest BCUT2D eigenvalue weighted by atomic mass is 16.2. The van der Waals surface area contributed by atoms with Gasteiger partial charge in [0.1, 0.15) is 0 Å². The SMILES string of the molecule is CC1CCN(C(=O)C(C)(C)C)C(CN)C1. The molecule has 1 fully saturated rings. The van der Waals surface area contributed by atoms with Crippen LogP contribution in [0.4, 0.5) is 0 Å².